The van der Waals surface area contributed by atoms with Crippen LogP contribution in [0.2, 0.25) is 0 Å². The van der Waals surface area contributed by atoms with Crippen LogP contribution < -0.4 is 0 Å². The van der Waals surface area contributed by atoms with Gasteiger partial charge in [-0.1, -0.05) is 27.7 Å². The van der Waals surface area contributed by atoms with E-state index in [1.165, 1.54) is 0 Å². The Labute approximate surface area is 111 Å². The van der Waals surface area contributed by atoms with Gasteiger partial charge in [0.1, 0.15) is 0 Å². The summed E-state index contributed by atoms with van der Waals surface area (Å²) in [6.45, 7) is 10.1. The number of carbonyl (C=O) groups excluding carboxylic acids is 1. The van der Waals surface area contributed by atoms with Crippen molar-refractivity contribution in [2.45, 2.75) is 40.5 Å². The van der Waals surface area contributed by atoms with Crippen molar-refractivity contribution in [3.8, 4) is 0 Å². The number of aliphatic hydroxyl groups is 1. The van der Waals surface area contributed by atoms with Crippen molar-refractivity contribution in [3.63, 3.8) is 0 Å². The van der Waals surface area contributed by atoms with Gasteiger partial charge >= 0.3 is 0 Å². The Balaban J connectivity index is 4.23. The summed E-state index contributed by atoms with van der Waals surface area (Å²) in [7, 11) is 1.61. The first-order chi connectivity index (χ1) is 8.30. The number of aliphatic hydroxyl groups excluding tert-OH is 1. The Bertz CT molecular complexity index is 236. The molecule has 0 rings (SSSR count). The second-order valence-corrected chi connectivity index (χ2v) is 6.17. The van der Waals surface area contributed by atoms with E-state index in [2.05, 4.69) is 27.7 Å². The van der Waals surface area contributed by atoms with E-state index in [0.717, 1.165) is 6.42 Å². The Morgan fingerprint density at radius 2 is 1.94 bits per heavy atom. The number of hydrogen-bond acceptors (Lipinski definition) is 3. The zero-order valence-corrected chi connectivity index (χ0v) is 12.5. The molecule has 1 unspecified atom stereocenters. The molecule has 108 valence electrons. The van der Waals surface area contributed by atoms with Gasteiger partial charge in [0.05, 0.1) is 13.2 Å². The summed E-state index contributed by atoms with van der Waals surface area (Å²) in [5.41, 5.74) is 0.244. The van der Waals surface area contributed by atoms with Gasteiger partial charge in [-0.05, 0) is 17.8 Å². The van der Waals surface area contributed by atoms with Gasteiger partial charge in [-0.15, -0.1) is 0 Å². The lowest BCUT2D eigenvalue weighted by atomic mass is 9.84. The van der Waals surface area contributed by atoms with Crippen molar-refractivity contribution in [1.82, 2.24) is 4.90 Å². The van der Waals surface area contributed by atoms with Crippen LogP contribution in [-0.4, -0.2) is 49.3 Å². The highest BCUT2D eigenvalue weighted by Gasteiger charge is 2.20. The summed E-state index contributed by atoms with van der Waals surface area (Å²) < 4.78 is 4.98. The summed E-state index contributed by atoms with van der Waals surface area (Å²) in [5.74, 6) is 0.471. The molecule has 1 amide bonds. The normalized spacial score (nSPS) is 13.4. The quantitative estimate of drug-likeness (QED) is 0.724. The average Bonchev–Trinajstić information content (AvgIpc) is 2.21. The monoisotopic (exact) mass is 259 g/mol. The number of carbonyl (C=O) groups is 1. The van der Waals surface area contributed by atoms with Crippen LogP contribution >= 0.6 is 0 Å². The number of nitrogens with zero attached hydrogens (tertiary/aromatic N) is 1. The van der Waals surface area contributed by atoms with E-state index in [1.54, 1.807) is 12.0 Å². The summed E-state index contributed by atoms with van der Waals surface area (Å²) >= 11 is 0. The van der Waals surface area contributed by atoms with E-state index in [1.807, 2.05) is 0 Å². The van der Waals surface area contributed by atoms with Gasteiger partial charge in [0, 0.05) is 26.6 Å². The van der Waals surface area contributed by atoms with E-state index >= 15 is 0 Å². The van der Waals surface area contributed by atoms with Crippen molar-refractivity contribution >= 4 is 5.91 Å². The minimum absolute atomic E-state index is 0.00308. The molecule has 0 aliphatic rings. The Morgan fingerprint density at radius 3 is 2.39 bits per heavy atom. The smallest absolute Gasteiger partial charge is 0.222 e. The zero-order valence-electron chi connectivity index (χ0n) is 12.5. The van der Waals surface area contributed by atoms with Crippen molar-refractivity contribution in [3.05, 3.63) is 0 Å². The van der Waals surface area contributed by atoms with Crippen molar-refractivity contribution in [2.24, 2.45) is 11.3 Å². The molecule has 4 heteroatoms. The van der Waals surface area contributed by atoms with Crippen LogP contribution in [0.1, 0.15) is 40.5 Å². The van der Waals surface area contributed by atoms with E-state index < -0.39 is 0 Å². The van der Waals surface area contributed by atoms with Gasteiger partial charge < -0.3 is 14.7 Å². The molecule has 0 spiro atoms. The highest BCUT2D eigenvalue weighted by molar-refractivity contribution is 5.76. The minimum Gasteiger partial charge on any atom is -0.395 e. The third-order valence-corrected chi connectivity index (χ3v) is 2.77. The molecule has 0 aromatic heterocycles. The maximum Gasteiger partial charge on any atom is 0.222 e. The van der Waals surface area contributed by atoms with Crippen LogP contribution in [0.3, 0.4) is 0 Å². The second kappa shape index (κ2) is 8.48. The molecular weight excluding hydrogens is 230 g/mol. The van der Waals surface area contributed by atoms with Crippen LogP contribution in [0.25, 0.3) is 0 Å². The molecule has 0 saturated carbocycles. The molecule has 0 aromatic carbocycles. The first kappa shape index (κ1) is 17.4. The van der Waals surface area contributed by atoms with Crippen LogP contribution in [-0.2, 0) is 9.53 Å². The summed E-state index contributed by atoms with van der Waals surface area (Å²) in [4.78, 5) is 13.8. The van der Waals surface area contributed by atoms with Crippen LogP contribution in [0.5, 0.6) is 0 Å². The van der Waals surface area contributed by atoms with Crippen LogP contribution in [0, 0.1) is 11.3 Å². The molecule has 4 nitrogen and oxygen atoms in total. The summed E-state index contributed by atoms with van der Waals surface area (Å²) in [6.07, 6.45) is 1.57. The molecule has 0 fully saturated rings. The lowest BCUT2D eigenvalue weighted by Crippen LogP contribution is -2.37. The van der Waals surface area contributed by atoms with Gasteiger partial charge in [-0.2, -0.15) is 0 Å². The molecule has 0 aromatic rings. The predicted octanol–water partition coefficient (Wildman–Crippen LogP) is 1.92. The molecule has 0 heterocycles. The maximum absolute atomic E-state index is 12.1. The van der Waals surface area contributed by atoms with Crippen LogP contribution in [0.4, 0.5) is 0 Å². The van der Waals surface area contributed by atoms with Crippen molar-refractivity contribution in [1.29, 1.82) is 0 Å². The third kappa shape index (κ3) is 8.48. The van der Waals surface area contributed by atoms with Gasteiger partial charge in [0.2, 0.25) is 5.91 Å². The minimum atomic E-state index is 0.00308. The maximum atomic E-state index is 12.1. The largest absolute Gasteiger partial charge is 0.395 e. The molecule has 0 saturated heterocycles. The van der Waals surface area contributed by atoms with E-state index in [0.29, 0.717) is 32.0 Å². The van der Waals surface area contributed by atoms with Gasteiger partial charge in [-0.25, -0.2) is 0 Å². The Kier molecular flexibility index (Phi) is 8.20. The number of hydrogen-bond donors (Lipinski definition) is 1. The molecule has 0 aliphatic heterocycles. The number of amides is 1. The third-order valence-electron chi connectivity index (χ3n) is 2.77. The van der Waals surface area contributed by atoms with E-state index in [4.69, 9.17) is 9.84 Å². The lowest BCUT2D eigenvalue weighted by molar-refractivity contribution is -0.133. The Hall–Kier alpha value is -0.610. The molecule has 1 atom stereocenters. The highest BCUT2D eigenvalue weighted by Crippen LogP contribution is 2.26. The number of methoxy groups -OCH3 is 1. The predicted molar refractivity (Wildman–Crippen MR) is 73.4 cm³/mol. The average molecular weight is 259 g/mol. The molecule has 1 N–H and O–H groups in total. The molecular formula is C14H29NO3. The second-order valence-electron chi connectivity index (χ2n) is 6.17. The topological polar surface area (TPSA) is 49.8 Å². The first-order valence-electron chi connectivity index (χ1n) is 6.67. The van der Waals surface area contributed by atoms with Gasteiger partial charge in [0.15, 0.2) is 0 Å². The lowest BCUT2D eigenvalue weighted by Gasteiger charge is -2.26. The van der Waals surface area contributed by atoms with Crippen LogP contribution in [0.15, 0.2) is 0 Å². The van der Waals surface area contributed by atoms with Crippen molar-refractivity contribution in [2.75, 3.05) is 33.4 Å². The molecule has 18 heavy (non-hydrogen) atoms. The summed E-state index contributed by atoms with van der Waals surface area (Å²) in [6, 6.07) is 0. The summed E-state index contributed by atoms with van der Waals surface area (Å²) in [5, 5.41) is 8.97. The fraction of sp³-hybridized carbons (Fsp3) is 0.929. The fourth-order valence-corrected chi connectivity index (χ4v) is 2.23. The zero-order chi connectivity index (χ0) is 14.2. The van der Waals surface area contributed by atoms with Gasteiger partial charge in [-0.3, -0.25) is 4.79 Å². The van der Waals surface area contributed by atoms with E-state index in [-0.39, 0.29) is 17.9 Å². The van der Waals surface area contributed by atoms with Crippen molar-refractivity contribution < 1.29 is 14.6 Å². The fourth-order valence-electron chi connectivity index (χ4n) is 2.23. The van der Waals surface area contributed by atoms with E-state index in [9.17, 15) is 4.79 Å². The highest BCUT2D eigenvalue weighted by atomic mass is 16.5. The Morgan fingerprint density at radius 1 is 1.33 bits per heavy atom. The number of ether oxygens (including phenoxy) is 1. The molecule has 0 aliphatic carbocycles. The number of rotatable bonds is 8. The molecule has 0 radical (unpaired) electrons. The SMILES string of the molecule is COCCN(CCO)C(=O)CC(C)CC(C)(C)C. The van der Waals surface area contributed by atoms with Gasteiger partial charge in [0.25, 0.3) is 0 Å². The molecule has 0 bridgehead atoms. The standard InChI is InChI=1S/C14H29NO3/c1-12(11-14(2,3)4)10-13(17)15(6-8-16)7-9-18-5/h12,16H,6-11H2,1-5H3. The first-order valence-corrected chi connectivity index (χ1v) is 6.67.